The van der Waals surface area contributed by atoms with Gasteiger partial charge in [0.2, 0.25) is 0 Å². The maximum absolute atomic E-state index is 12.8. The summed E-state index contributed by atoms with van der Waals surface area (Å²) in [5, 5.41) is 22.2. The first-order valence-electron chi connectivity index (χ1n) is 8.74. The average molecular weight is 408 g/mol. The molecule has 7 nitrogen and oxygen atoms in total. The van der Waals surface area contributed by atoms with E-state index in [4.69, 9.17) is 6.42 Å². The fourth-order valence-electron chi connectivity index (χ4n) is 3.37. The number of carbonyl (C=O) groups is 1. The molecule has 154 valence electrons. The largest absolute Gasteiger partial charge is 0.468 e. The first-order valence-corrected chi connectivity index (χ1v) is 8.74. The number of terminal acetylenes is 1. The first kappa shape index (κ1) is 20.8. The Morgan fingerprint density at radius 2 is 2.10 bits per heavy atom. The number of carbonyl (C=O) groups excluding carboxylic acids is 1. The molecule has 0 bridgehead atoms. The SMILES string of the molecule is C#C[C@H]1CC(O)(c2ccc(C(F)(F)F)cc2)C[C@@H](c2cn(CC(=O)OC)nn2)N1. The summed E-state index contributed by atoms with van der Waals surface area (Å²) in [5.41, 5.74) is -1.48. The molecule has 1 fully saturated rings. The van der Waals surface area contributed by atoms with Gasteiger partial charge in [-0.3, -0.25) is 10.1 Å². The number of rotatable bonds is 4. The predicted octanol–water partition coefficient (Wildman–Crippen LogP) is 1.78. The maximum Gasteiger partial charge on any atom is 0.416 e. The van der Waals surface area contributed by atoms with Crippen LogP contribution in [0.1, 0.15) is 35.7 Å². The standard InChI is InChI=1S/C19H19F3N4O3/c1-3-14-8-18(28,12-4-6-13(7-5-12)19(20,21)22)9-15(23-14)16-10-26(25-24-16)11-17(27)29-2/h1,4-7,10,14-15,23,28H,8-9,11H2,2H3/t14-,15-,18?/m0/s1. The molecule has 1 aromatic carbocycles. The highest BCUT2D eigenvalue weighted by atomic mass is 19.4. The third kappa shape index (κ3) is 4.58. The number of aliphatic hydroxyl groups is 1. The summed E-state index contributed by atoms with van der Waals surface area (Å²) in [5.74, 6) is 2.03. The number of nitrogens with one attached hydrogen (secondary N) is 1. The van der Waals surface area contributed by atoms with Crippen LogP contribution in [0.4, 0.5) is 13.2 Å². The Balaban J connectivity index is 1.85. The molecule has 0 amide bonds. The Morgan fingerprint density at radius 3 is 2.69 bits per heavy atom. The lowest BCUT2D eigenvalue weighted by molar-refractivity contribution is -0.141. The van der Waals surface area contributed by atoms with Gasteiger partial charge in [0, 0.05) is 12.8 Å². The van der Waals surface area contributed by atoms with E-state index in [0.717, 1.165) is 12.1 Å². The molecule has 0 radical (unpaired) electrons. The molecule has 0 saturated carbocycles. The zero-order valence-electron chi connectivity index (χ0n) is 15.5. The van der Waals surface area contributed by atoms with E-state index in [0.29, 0.717) is 11.3 Å². The van der Waals surface area contributed by atoms with E-state index in [-0.39, 0.29) is 19.4 Å². The highest BCUT2D eigenvalue weighted by molar-refractivity contribution is 5.68. The van der Waals surface area contributed by atoms with Crippen LogP contribution in [-0.2, 0) is 27.9 Å². The van der Waals surface area contributed by atoms with Crippen molar-refractivity contribution in [2.75, 3.05) is 7.11 Å². The normalized spacial score (nSPS) is 24.7. The quantitative estimate of drug-likeness (QED) is 0.592. The molecule has 1 unspecified atom stereocenters. The lowest BCUT2D eigenvalue weighted by Gasteiger charge is -2.40. The number of esters is 1. The molecule has 3 atom stereocenters. The molecule has 2 N–H and O–H groups in total. The summed E-state index contributed by atoms with van der Waals surface area (Å²) in [6.45, 7) is -0.127. The second-order valence-electron chi connectivity index (χ2n) is 6.87. The molecule has 3 rings (SSSR count). The summed E-state index contributed by atoms with van der Waals surface area (Å²) < 4.78 is 44.3. The fourth-order valence-corrected chi connectivity index (χ4v) is 3.37. The summed E-state index contributed by atoms with van der Waals surface area (Å²) in [4.78, 5) is 11.4. The first-order chi connectivity index (χ1) is 13.6. The van der Waals surface area contributed by atoms with E-state index < -0.39 is 35.4 Å². The number of hydrogen-bond donors (Lipinski definition) is 2. The minimum atomic E-state index is -4.46. The van der Waals surface area contributed by atoms with Crippen molar-refractivity contribution in [2.24, 2.45) is 0 Å². The minimum absolute atomic E-state index is 0.119. The molecule has 0 aliphatic carbocycles. The maximum atomic E-state index is 12.8. The minimum Gasteiger partial charge on any atom is -0.468 e. The Morgan fingerprint density at radius 1 is 1.41 bits per heavy atom. The summed E-state index contributed by atoms with van der Waals surface area (Å²) in [6.07, 6.45) is 2.85. The van der Waals surface area contributed by atoms with Crippen LogP contribution < -0.4 is 5.32 Å². The van der Waals surface area contributed by atoms with Gasteiger partial charge in [-0.15, -0.1) is 11.5 Å². The molecule has 1 saturated heterocycles. The van der Waals surface area contributed by atoms with Gasteiger partial charge in [-0.05, 0) is 17.7 Å². The van der Waals surface area contributed by atoms with Gasteiger partial charge in [0.05, 0.1) is 42.2 Å². The topological polar surface area (TPSA) is 89.3 Å². The van der Waals surface area contributed by atoms with Crippen LogP contribution in [0.5, 0.6) is 0 Å². The van der Waals surface area contributed by atoms with Crippen molar-refractivity contribution in [2.45, 2.75) is 43.2 Å². The number of piperidine rings is 1. The fraction of sp³-hybridized carbons (Fsp3) is 0.421. The van der Waals surface area contributed by atoms with Crippen molar-refractivity contribution in [3.63, 3.8) is 0 Å². The smallest absolute Gasteiger partial charge is 0.416 e. The average Bonchev–Trinajstić information content (AvgIpc) is 3.15. The van der Waals surface area contributed by atoms with Crippen molar-refractivity contribution in [3.8, 4) is 12.3 Å². The Hall–Kier alpha value is -2.90. The van der Waals surface area contributed by atoms with E-state index in [1.165, 1.54) is 30.1 Å². The van der Waals surface area contributed by atoms with Crippen molar-refractivity contribution < 1.29 is 27.8 Å². The Labute approximate surface area is 164 Å². The van der Waals surface area contributed by atoms with Gasteiger partial charge >= 0.3 is 12.1 Å². The van der Waals surface area contributed by atoms with Crippen LogP contribution in [0, 0.1) is 12.3 Å². The van der Waals surface area contributed by atoms with Crippen LogP contribution in [0.25, 0.3) is 0 Å². The van der Waals surface area contributed by atoms with E-state index in [2.05, 4.69) is 26.3 Å². The van der Waals surface area contributed by atoms with Crippen molar-refractivity contribution in [1.82, 2.24) is 20.3 Å². The number of hydrogen-bond acceptors (Lipinski definition) is 6. The molecular formula is C19H19F3N4O3. The zero-order valence-corrected chi connectivity index (χ0v) is 15.5. The molecule has 1 aliphatic rings. The Kier molecular flexibility index (Phi) is 5.64. The summed E-state index contributed by atoms with van der Waals surface area (Å²) in [6, 6.07) is 3.33. The van der Waals surface area contributed by atoms with Crippen LogP contribution in [0.2, 0.25) is 0 Å². The van der Waals surface area contributed by atoms with Crippen LogP contribution in [-0.4, -0.2) is 39.2 Å². The lowest BCUT2D eigenvalue weighted by atomic mass is 9.78. The van der Waals surface area contributed by atoms with Gasteiger partial charge in [-0.25, -0.2) is 4.68 Å². The number of methoxy groups -OCH3 is 1. The highest BCUT2D eigenvalue weighted by Gasteiger charge is 2.41. The van der Waals surface area contributed by atoms with Crippen LogP contribution >= 0.6 is 0 Å². The van der Waals surface area contributed by atoms with E-state index in [9.17, 15) is 23.1 Å². The second kappa shape index (κ2) is 7.85. The van der Waals surface area contributed by atoms with E-state index in [1.54, 1.807) is 0 Å². The van der Waals surface area contributed by atoms with Crippen molar-refractivity contribution >= 4 is 5.97 Å². The van der Waals surface area contributed by atoms with E-state index in [1.807, 2.05) is 0 Å². The van der Waals surface area contributed by atoms with Gasteiger partial charge in [-0.1, -0.05) is 23.3 Å². The number of alkyl halides is 3. The number of nitrogens with zero attached hydrogens (tertiary/aromatic N) is 3. The second-order valence-corrected chi connectivity index (χ2v) is 6.87. The number of halogens is 3. The highest BCUT2D eigenvalue weighted by Crippen LogP contribution is 2.40. The molecule has 2 aromatic rings. The van der Waals surface area contributed by atoms with Crippen molar-refractivity contribution in [3.05, 3.63) is 47.3 Å². The van der Waals surface area contributed by atoms with E-state index >= 15 is 0 Å². The molecule has 29 heavy (non-hydrogen) atoms. The lowest BCUT2D eigenvalue weighted by Crippen LogP contribution is -2.47. The van der Waals surface area contributed by atoms with Crippen LogP contribution in [0.15, 0.2) is 30.5 Å². The third-order valence-corrected chi connectivity index (χ3v) is 4.87. The van der Waals surface area contributed by atoms with Crippen molar-refractivity contribution in [1.29, 1.82) is 0 Å². The third-order valence-electron chi connectivity index (χ3n) is 4.87. The molecule has 2 heterocycles. The molecule has 1 aromatic heterocycles. The molecular weight excluding hydrogens is 389 g/mol. The summed E-state index contributed by atoms with van der Waals surface area (Å²) >= 11 is 0. The van der Waals surface area contributed by atoms with Crippen LogP contribution in [0.3, 0.4) is 0 Å². The van der Waals surface area contributed by atoms with Gasteiger partial charge in [-0.2, -0.15) is 13.2 Å². The number of ether oxygens (including phenoxy) is 1. The van der Waals surface area contributed by atoms with Gasteiger partial charge < -0.3 is 9.84 Å². The van der Waals surface area contributed by atoms with Gasteiger partial charge in [0.1, 0.15) is 6.54 Å². The number of aromatic nitrogens is 3. The van der Waals surface area contributed by atoms with Gasteiger partial charge in [0.25, 0.3) is 0 Å². The van der Waals surface area contributed by atoms with Gasteiger partial charge in [0.15, 0.2) is 0 Å². The molecule has 10 heteroatoms. The monoisotopic (exact) mass is 408 g/mol. The Bertz CT molecular complexity index is 920. The molecule has 1 aliphatic heterocycles. The summed E-state index contributed by atoms with van der Waals surface area (Å²) in [7, 11) is 1.25. The predicted molar refractivity (Wildman–Crippen MR) is 95.1 cm³/mol. The zero-order chi connectivity index (χ0) is 21.2. The number of benzene rings is 1. The molecule has 0 spiro atoms.